The highest BCUT2D eigenvalue weighted by Crippen LogP contribution is 2.24. The fourth-order valence-corrected chi connectivity index (χ4v) is 5.61. The number of ether oxygens (including phenoxy) is 1. The van der Waals surface area contributed by atoms with E-state index in [-0.39, 0.29) is 0 Å². The molecule has 3 aromatic rings. The normalized spacial score (nSPS) is 17.8. The van der Waals surface area contributed by atoms with Crippen LogP contribution in [0.3, 0.4) is 0 Å². The number of nitrogens with zero attached hydrogens (tertiary/aromatic N) is 5. The summed E-state index contributed by atoms with van der Waals surface area (Å²) in [6.45, 7) is 4.91. The number of morpholine rings is 1. The minimum Gasteiger partial charge on any atom is -0.378 e. The summed E-state index contributed by atoms with van der Waals surface area (Å²) >= 11 is 0. The zero-order chi connectivity index (χ0) is 22.7. The Morgan fingerprint density at radius 2 is 1.39 bits per heavy atom. The molecule has 0 bridgehead atoms. The molecule has 2 saturated heterocycles. The van der Waals surface area contributed by atoms with E-state index in [1.807, 2.05) is 48.5 Å². The van der Waals surface area contributed by atoms with Gasteiger partial charge in [-0.05, 0) is 29.3 Å². The fraction of sp³-hybridized carbons (Fsp3) is 0.333. The Bertz CT molecular complexity index is 1170. The van der Waals surface area contributed by atoms with E-state index in [2.05, 4.69) is 14.8 Å². The minimum atomic E-state index is -3.54. The largest absolute Gasteiger partial charge is 0.378 e. The van der Waals surface area contributed by atoms with E-state index in [4.69, 9.17) is 9.72 Å². The molecule has 5 rings (SSSR count). The highest BCUT2D eigenvalue weighted by atomic mass is 32.2. The zero-order valence-corrected chi connectivity index (χ0v) is 19.2. The van der Waals surface area contributed by atoms with E-state index >= 15 is 0 Å². The molecular formula is C24H27N5O3S. The Hall–Kier alpha value is -3.01. The van der Waals surface area contributed by atoms with Crippen molar-refractivity contribution in [3.63, 3.8) is 0 Å². The van der Waals surface area contributed by atoms with Gasteiger partial charge in [0.05, 0.1) is 18.1 Å². The molecule has 33 heavy (non-hydrogen) atoms. The number of aromatic nitrogens is 2. The maximum Gasteiger partial charge on any atom is 0.243 e. The average molecular weight is 466 g/mol. The smallest absolute Gasteiger partial charge is 0.243 e. The van der Waals surface area contributed by atoms with Crippen molar-refractivity contribution in [3.05, 3.63) is 66.9 Å². The summed E-state index contributed by atoms with van der Waals surface area (Å²) in [7, 11) is -3.54. The van der Waals surface area contributed by atoms with Crippen molar-refractivity contribution in [1.29, 1.82) is 0 Å². The first-order chi connectivity index (χ1) is 16.1. The first-order valence-corrected chi connectivity index (χ1v) is 12.6. The van der Waals surface area contributed by atoms with Gasteiger partial charge in [0, 0.05) is 45.5 Å². The van der Waals surface area contributed by atoms with Crippen molar-refractivity contribution in [1.82, 2.24) is 14.3 Å². The van der Waals surface area contributed by atoms with Gasteiger partial charge in [-0.3, -0.25) is 0 Å². The molecule has 172 valence electrons. The van der Waals surface area contributed by atoms with Crippen LogP contribution in [0.5, 0.6) is 0 Å². The zero-order valence-electron chi connectivity index (χ0n) is 18.4. The number of hydrogen-bond donors (Lipinski definition) is 0. The molecule has 2 aliphatic rings. The van der Waals surface area contributed by atoms with Crippen molar-refractivity contribution in [2.75, 3.05) is 62.3 Å². The van der Waals surface area contributed by atoms with Crippen LogP contribution in [-0.2, 0) is 14.8 Å². The molecule has 0 saturated carbocycles. The Balaban J connectivity index is 1.25. The summed E-state index contributed by atoms with van der Waals surface area (Å²) < 4.78 is 33.4. The van der Waals surface area contributed by atoms with Crippen LogP contribution in [0.2, 0.25) is 0 Å². The number of benzene rings is 2. The van der Waals surface area contributed by atoms with E-state index in [0.717, 1.165) is 30.0 Å². The molecule has 0 atom stereocenters. The monoisotopic (exact) mass is 465 g/mol. The molecule has 0 N–H and O–H groups in total. The van der Waals surface area contributed by atoms with Crippen LogP contribution in [-0.4, -0.2) is 75.2 Å². The lowest BCUT2D eigenvalue weighted by Gasteiger charge is -2.35. The van der Waals surface area contributed by atoms with Crippen LogP contribution < -0.4 is 9.80 Å². The Labute approximate surface area is 194 Å². The first kappa shape index (κ1) is 21.8. The van der Waals surface area contributed by atoms with E-state index in [1.54, 1.807) is 22.6 Å². The Morgan fingerprint density at radius 1 is 0.727 bits per heavy atom. The second-order valence-corrected chi connectivity index (χ2v) is 10.0. The molecule has 2 aliphatic heterocycles. The van der Waals surface area contributed by atoms with Crippen molar-refractivity contribution >= 4 is 21.8 Å². The lowest BCUT2D eigenvalue weighted by molar-refractivity contribution is 0.122. The maximum atomic E-state index is 13.2. The lowest BCUT2D eigenvalue weighted by atomic mass is 10.1. The molecule has 0 spiro atoms. The summed E-state index contributed by atoms with van der Waals surface area (Å²) in [4.78, 5) is 13.7. The van der Waals surface area contributed by atoms with Crippen LogP contribution in [0.4, 0.5) is 11.8 Å². The SMILES string of the molecule is O=S(=O)(c1ccc(-c2ccccc2)cc1)N1CCN(c2ccnc(N3CCOCC3)n2)CC1. The predicted molar refractivity (Wildman–Crippen MR) is 128 cm³/mol. The van der Waals surface area contributed by atoms with Gasteiger partial charge in [-0.25, -0.2) is 13.4 Å². The lowest BCUT2D eigenvalue weighted by Crippen LogP contribution is -2.49. The average Bonchev–Trinajstić information content (AvgIpc) is 2.90. The molecule has 3 heterocycles. The van der Waals surface area contributed by atoms with Gasteiger partial charge in [0.25, 0.3) is 0 Å². The summed E-state index contributed by atoms with van der Waals surface area (Å²) in [5.41, 5.74) is 2.07. The van der Waals surface area contributed by atoms with Gasteiger partial charge in [-0.2, -0.15) is 9.29 Å². The molecule has 1 aromatic heterocycles. The molecule has 2 aromatic carbocycles. The molecule has 0 amide bonds. The third-order valence-corrected chi connectivity index (χ3v) is 8.00. The molecule has 9 heteroatoms. The summed E-state index contributed by atoms with van der Waals surface area (Å²) in [5, 5.41) is 0. The number of piperazine rings is 1. The summed E-state index contributed by atoms with van der Waals surface area (Å²) in [6.07, 6.45) is 1.77. The number of anilines is 2. The number of hydrogen-bond acceptors (Lipinski definition) is 7. The van der Waals surface area contributed by atoms with Crippen LogP contribution >= 0.6 is 0 Å². The number of sulfonamides is 1. The van der Waals surface area contributed by atoms with Gasteiger partial charge in [-0.1, -0.05) is 42.5 Å². The maximum absolute atomic E-state index is 13.2. The van der Waals surface area contributed by atoms with Crippen LogP contribution in [0.25, 0.3) is 11.1 Å². The second-order valence-electron chi connectivity index (χ2n) is 8.10. The van der Waals surface area contributed by atoms with Crippen molar-refractivity contribution in [3.8, 4) is 11.1 Å². The van der Waals surface area contributed by atoms with Gasteiger partial charge in [-0.15, -0.1) is 0 Å². The molecule has 0 radical (unpaired) electrons. The van der Waals surface area contributed by atoms with Crippen molar-refractivity contribution in [2.24, 2.45) is 0 Å². The Morgan fingerprint density at radius 3 is 2.09 bits per heavy atom. The highest BCUT2D eigenvalue weighted by molar-refractivity contribution is 7.89. The molecule has 0 unspecified atom stereocenters. The minimum absolute atomic E-state index is 0.326. The van der Waals surface area contributed by atoms with Crippen LogP contribution in [0.1, 0.15) is 0 Å². The molecule has 2 fully saturated rings. The van der Waals surface area contributed by atoms with Gasteiger partial charge in [0.2, 0.25) is 16.0 Å². The van der Waals surface area contributed by atoms with Crippen LogP contribution in [0.15, 0.2) is 71.8 Å². The Kier molecular flexibility index (Phi) is 6.26. The van der Waals surface area contributed by atoms with Crippen molar-refractivity contribution in [2.45, 2.75) is 4.90 Å². The number of rotatable bonds is 5. The first-order valence-electron chi connectivity index (χ1n) is 11.2. The van der Waals surface area contributed by atoms with E-state index in [0.29, 0.717) is 50.2 Å². The summed E-state index contributed by atoms with van der Waals surface area (Å²) in [5.74, 6) is 1.53. The third-order valence-electron chi connectivity index (χ3n) is 6.08. The van der Waals surface area contributed by atoms with Crippen LogP contribution in [0, 0.1) is 0 Å². The highest BCUT2D eigenvalue weighted by Gasteiger charge is 2.29. The third kappa shape index (κ3) is 4.71. The predicted octanol–water partition coefficient (Wildman–Crippen LogP) is 2.49. The van der Waals surface area contributed by atoms with Gasteiger partial charge in [0.15, 0.2) is 0 Å². The quantitative estimate of drug-likeness (QED) is 0.573. The molecule has 0 aliphatic carbocycles. The van der Waals surface area contributed by atoms with E-state index < -0.39 is 10.0 Å². The fourth-order valence-electron chi connectivity index (χ4n) is 4.19. The molecular weight excluding hydrogens is 438 g/mol. The standard InChI is InChI=1S/C24H27N5O3S/c30-33(31,22-8-6-21(7-9-22)20-4-2-1-3-5-20)29-14-12-27(13-15-29)23-10-11-25-24(26-23)28-16-18-32-19-17-28/h1-11H,12-19H2. The van der Waals surface area contributed by atoms with Gasteiger partial charge >= 0.3 is 0 Å². The second kappa shape index (κ2) is 9.46. The van der Waals surface area contributed by atoms with E-state index in [1.165, 1.54) is 0 Å². The summed E-state index contributed by atoms with van der Waals surface area (Å²) in [6, 6.07) is 19.0. The van der Waals surface area contributed by atoms with E-state index in [9.17, 15) is 8.42 Å². The van der Waals surface area contributed by atoms with Crippen molar-refractivity contribution < 1.29 is 13.2 Å². The topological polar surface area (TPSA) is 78.9 Å². The molecule has 8 nitrogen and oxygen atoms in total. The van der Waals surface area contributed by atoms with Gasteiger partial charge < -0.3 is 14.5 Å². The van der Waals surface area contributed by atoms with Gasteiger partial charge in [0.1, 0.15) is 5.82 Å².